The molecule has 3 nitrogen and oxygen atoms in total. The van der Waals surface area contributed by atoms with Gasteiger partial charge in [-0.25, -0.2) is 0 Å². The van der Waals surface area contributed by atoms with Crippen LogP contribution in [0.4, 0.5) is 5.69 Å². The molecule has 0 unspecified atom stereocenters. The van der Waals surface area contributed by atoms with Crippen molar-refractivity contribution in [2.75, 3.05) is 5.32 Å². The third-order valence-corrected chi connectivity index (χ3v) is 4.01. The fraction of sp³-hybridized carbons (Fsp3) is 0.150. The van der Waals surface area contributed by atoms with Crippen LogP contribution in [0, 0.1) is 0 Å². The zero-order valence-electron chi connectivity index (χ0n) is 13.3. The Kier molecular flexibility index (Phi) is 5.02. The van der Waals surface area contributed by atoms with E-state index in [4.69, 9.17) is 16.3 Å². The van der Waals surface area contributed by atoms with Crippen molar-refractivity contribution in [2.45, 2.75) is 19.4 Å². The molecule has 0 aromatic heterocycles. The number of nitrogens with one attached hydrogen (secondary N) is 1. The summed E-state index contributed by atoms with van der Waals surface area (Å²) in [4.78, 5) is 12.5. The van der Waals surface area contributed by atoms with Gasteiger partial charge in [0.2, 0.25) is 0 Å². The molecule has 3 aromatic carbocycles. The Morgan fingerprint density at radius 1 is 1.08 bits per heavy atom. The van der Waals surface area contributed by atoms with Gasteiger partial charge in [0.05, 0.1) is 0 Å². The number of hydrogen-bond donors (Lipinski definition) is 1. The summed E-state index contributed by atoms with van der Waals surface area (Å²) in [6.45, 7) is 1.92. The van der Waals surface area contributed by atoms with Gasteiger partial charge >= 0.3 is 0 Å². The van der Waals surface area contributed by atoms with E-state index in [1.165, 1.54) is 0 Å². The van der Waals surface area contributed by atoms with Crippen LogP contribution in [0.2, 0.25) is 5.02 Å². The fourth-order valence-electron chi connectivity index (χ4n) is 2.56. The maximum atomic E-state index is 12.5. The molecule has 1 amide bonds. The van der Waals surface area contributed by atoms with E-state index in [0.717, 1.165) is 10.8 Å². The number of fused-ring (bicyclic) bond motifs is 1. The van der Waals surface area contributed by atoms with Crippen LogP contribution in [0.1, 0.15) is 13.3 Å². The summed E-state index contributed by atoms with van der Waals surface area (Å²) < 4.78 is 6.00. The third-order valence-electron chi connectivity index (χ3n) is 3.77. The molecule has 4 heteroatoms. The van der Waals surface area contributed by atoms with E-state index in [0.29, 0.717) is 22.9 Å². The molecule has 3 aromatic rings. The number of ether oxygens (including phenoxy) is 1. The number of rotatable bonds is 5. The Hall–Kier alpha value is -2.52. The Morgan fingerprint density at radius 2 is 1.83 bits per heavy atom. The normalized spacial score (nSPS) is 11.9. The predicted molar refractivity (Wildman–Crippen MR) is 98.7 cm³/mol. The first-order chi connectivity index (χ1) is 11.7. The molecule has 0 aliphatic carbocycles. The van der Waals surface area contributed by atoms with Crippen LogP contribution in [0.25, 0.3) is 10.8 Å². The number of hydrogen-bond acceptors (Lipinski definition) is 2. The SMILES string of the molecule is CC[C@H](Oc1cccc2ccccc12)C(=O)Nc1cccc(Cl)c1. The van der Waals surface area contributed by atoms with E-state index in [1.807, 2.05) is 49.4 Å². The summed E-state index contributed by atoms with van der Waals surface area (Å²) in [6, 6.07) is 20.9. The highest BCUT2D eigenvalue weighted by molar-refractivity contribution is 6.30. The number of benzene rings is 3. The maximum Gasteiger partial charge on any atom is 0.265 e. The molecular formula is C20H18ClNO2. The fourth-order valence-corrected chi connectivity index (χ4v) is 2.75. The van der Waals surface area contributed by atoms with Gasteiger partial charge in [-0.3, -0.25) is 4.79 Å². The van der Waals surface area contributed by atoms with Gasteiger partial charge in [0.25, 0.3) is 5.91 Å². The second-order valence-corrected chi connectivity index (χ2v) is 5.93. The molecule has 0 radical (unpaired) electrons. The summed E-state index contributed by atoms with van der Waals surface area (Å²) in [7, 11) is 0. The van der Waals surface area contributed by atoms with Crippen molar-refractivity contribution in [1.82, 2.24) is 0 Å². The minimum Gasteiger partial charge on any atom is -0.480 e. The minimum atomic E-state index is -0.574. The first-order valence-corrected chi connectivity index (χ1v) is 8.26. The largest absolute Gasteiger partial charge is 0.480 e. The van der Waals surface area contributed by atoms with Gasteiger partial charge in [0, 0.05) is 16.1 Å². The molecule has 0 heterocycles. The second-order valence-electron chi connectivity index (χ2n) is 5.49. The molecule has 0 spiro atoms. The number of carbonyl (C=O) groups is 1. The lowest BCUT2D eigenvalue weighted by atomic mass is 10.1. The van der Waals surface area contributed by atoms with E-state index in [1.54, 1.807) is 24.3 Å². The van der Waals surface area contributed by atoms with Gasteiger partial charge in [0.15, 0.2) is 6.10 Å². The molecule has 0 aliphatic rings. The van der Waals surface area contributed by atoms with Crippen molar-refractivity contribution >= 4 is 34.0 Å². The minimum absolute atomic E-state index is 0.187. The molecule has 0 saturated carbocycles. The lowest BCUT2D eigenvalue weighted by Gasteiger charge is -2.18. The van der Waals surface area contributed by atoms with Gasteiger partial charge in [-0.05, 0) is 36.1 Å². The van der Waals surface area contributed by atoms with Gasteiger partial charge in [0.1, 0.15) is 5.75 Å². The van der Waals surface area contributed by atoms with Gasteiger partial charge in [-0.1, -0.05) is 61.0 Å². The number of carbonyl (C=O) groups excluding carboxylic acids is 1. The van der Waals surface area contributed by atoms with Crippen LogP contribution in [-0.4, -0.2) is 12.0 Å². The molecule has 24 heavy (non-hydrogen) atoms. The average Bonchev–Trinajstić information content (AvgIpc) is 2.59. The van der Waals surface area contributed by atoms with Crippen LogP contribution in [0.15, 0.2) is 66.7 Å². The average molecular weight is 340 g/mol. The highest BCUT2D eigenvalue weighted by Gasteiger charge is 2.19. The Labute approximate surface area is 146 Å². The van der Waals surface area contributed by atoms with E-state index in [9.17, 15) is 4.79 Å². The lowest BCUT2D eigenvalue weighted by molar-refractivity contribution is -0.122. The zero-order chi connectivity index (χ0) is 16.9. The first-order valence-electron chi connectivity index (χ1n) is 7.88. The van der Waals surface area contributed by atoms with Crippen molar-refractivity contribution in [3.05, 3.63) is 71.8 Å². The molecule has 0 bridgehead atoms. The van der Waals surface area contributed by atoms with E-state index in [2.05, 4.69) is 5.32 Å². The van der Waals surface area contributed by atoms with E-state index < -0.39 is 6.10 Å². The van der Waals surface area contributed by atoms with Crippen LogP contribution in [0.3, 0.4) is 0 Å². The van der Waals surface area contributed by atoms with Crippen LogP contribution in [0.5, 0.6) is 5.75 Å². The quantitative estimate of drug-likeness (QED) is 0.686. The van der Waals surface area contributed by atoms with Gasteiger partial charge in [-0.15, -0.1) is 0 Å². The molecule has 0 saturated heterocycles. The molecule has 122 valence electrons. The lowest BCUT2D eigenvalue weighted by Crippen LogP contribution is -2.32. The molecule has 0 fully saturated rings. The van der Waals surface area contributed by atoms with Gasteiger partial charge in [-0.2, -0.15) is 0 Å². The van der Waals surface area contributed by atoms with Crippen LogP contribution >= 0.6 is 11.6 Å². The number of halogens is 1. The maximum absolute atomic E-state index is 12.5. The Balaban J connectivity index is 1.79. The summed E-state index contributed by atoms with van der Waals surface area (Å²) >= 11 is 5.95. The Bertz CT molecular complexity index is 858. The monoisotopic (exact) mass is 339 g/mol. The topological polar surface area (TPSA) is 38.3 Å². The smallest absolute Gasteiger partial charge is 0.265 e. The van der Waals surface area contributed by atoms with E-state index >= 15 is 0 Å². The first kappa shape index (κ1) is 16.3. The van der Waals surface area contributed by atoms with Crippen molar-refractivity contribution in [1.29, 1.82) is 0 Å². The van der Waals surface area contributed by atoms with Crippen LogP contribution in [-0.2, 0) is 4.79 Å². The summed E-state index contributed by atoms with van der Waals surface area (Å²) in [5, 5.41) is 5.51. The third kappa shape index (κ3) is 3.69. The van der Waals surface area contributed by atoms with Crippen molar-refractivity contribution < 1.29 is 9.53 Å². The molecule has 0 aliphatic heterocycles. The molecule has 3 rings (SSSR count). The highest BCUT2D eigenvalue weighted by Crippen LogP contribution is 2.27. The molecule has 1 atom stereocenters. The van der Waals surface area contributed by atoms with Gasteiger partial charge < -0.3 is 10.1 Å². The predicted octanol–water partition coefficient (Wildman–Crippen LogP) is 5.29. The van der Waals surface area contributed by atoms with Crippen LogP contribution < -0.4 is 10.1 Å². The van der Waals surface area contributed by atoms with Crippen molar-refractivity contribution in [3.8, 4) is 5.75 Å². The number of amides is 1. The molecule has 1 N–H and O–H groups in total. The van der Waals surface area contributed by atoms with Crippen molar-refractivity contribution in [3.63, 3.8) is 0 Å². The van der Waals surface area contributed by atoms with E-state index in [-0.39, 0.29) is 5.91 Å². The number of anilines is 1. The molecular weight excluding hydrogens is 322 g/mol. The Morgan fingerprint density at radius 3 is 2.62 bits per heavy atom. The second kappa shape index (κ2) is 7.37. The highest BCUT2D eigenvalue weighted by atomic mass is 35.5. The summed E-state index contributed by atoms with van der Waals surface area (Å²) in [6.07, 6.45) is -0.00917. The van der Waals surface area contributed by atoms with Crippen molar-refractivity contribution in [2.24, 2.45) is 0 Å². The standard InChI is InChI=1S/C20H18ClNO2/c1-2-18(20(23)22-16-10-6-9-15(21)13-16)24-19-12-5-8-14-7-3-4-11-17(14)19/h3-13,18H,2H2,1H3,(H,22,23)/t18-/m0/s1. The summed E-state index contributed by atoms with van der Waals surface area (Å²) in [5.41, 5.74) is 0.660. The zero-order valence-corrected chi connectivity index (χ0v) is 14.1. The summed E-state index contributed by atoms with van der Waals surface area (Å²) in [5.74, 6) is 0.522.